The highest BCUT2D eigenvalue weighted by molar-refractivity contribution is 6.04. The molecule has 0 aliphatic carbocycles. The van der Waals surface area contributed by atoms with Crippen LogP contribution in [-0.4, -0.2) is 55.6 Å². The summed E-state index contributed by atoms with van der Waals surface area (Å²) in [7, 11) is 0. The first kappa shape index (κ1) is 14.2. The summed E-state index contributed by atoms with van der Waals surface area (Å²) in [6.45, 7) is 6.35. The van der Waals surface area contributed by atoms with Gasteiger partial charge in [0, 0.05) is 6.54 Å². The van der Waals surface area contributed by atoms with Crippen LogP contribution in [0.5, 0.6) is 0 Å². The van der Waals surface area contributed by atoms with E-state index in [-0.39, 0.29) is 19.0 Å². The number of carbonyl (C=O) groups is 3. The summed E-state index contributed by atoms with van der Waals surface area (Å²) in [6.07, 6.45) is 0. The van der Waals surface area contributed by atoms with Crippen molar-refractivity contribution in [3.63, 3.8) is 0 Å². The van der Waals surface area contributed by atoms with Crippen LogP contribution in [0.3, 0.4) is 0 Å². The maximum absolute atomic E-state index is 11.4. The van der Waals surface area contributed by atoms with Crippen LogP contribution in [0.15, 0.2) is 12.2 Å². The Labute approximate surface area is 105 Å². The van der Waals surface area contributed by atoms with Gasteiger partial charge in [-0.2, -0.15) is 0 Å². The van der Waals surface area contributed by atoms with Gasteiger partial charge in [-0.3, -0.25) is 14.5 Å². The predicted octanol–water partition coefficient (Wildman–Crippen LogP) is -0.753. The zero-order valence-corrected chi connectivity index (χ0v) is 10.3. The summed E-state index contributed by atoms with van der Waals surface area (Å²) in [6, 6.07) is -0.534. The molecule has 1 fully saturated rings. The van der Waals surface area contributed by atoms with Crippen LogP contribution in [0.1, 0.15) is 6.92 Å². The Hall–Kier alpha value is -1.89. The van der Waals surface area contributed by atoms with Crippen molar-refractivity contribution in [3.05, 3.63) is 12.2 Å². The van der Waals surface area contributed by atoms with E-state index in [4.69, 9.17) is 4.74 Å². The maximum atomic E-state index is 11.4. The lowest BCUT2D eigenvalue weighted by Gasteiger charge is -2.12. The van der Waals surface area contributed by atoms with Crippen LogP contribution in [0.4, 0.5) is 4.79 Å². The van der Waals surface area contributed by atoms with E-state index in [1.807, 2.05) is 6.92 Å². The van der Waals surface area contributed by atoms with Gasteiger partial charge in [0.05, 0.1) is 19.8 Å². The van der Waals surface area contributed by atoms with Crippen LogP contribution >= 0.6 is 0 Å². The summed E-state index contributed by atoms with van der Waals surface area (Å²) in [4.78, 5) is 34.7. The minimum atomic E-state index is -0.534. The van der Waals surface area contributed by atoms with Crippen LogP contribution in [-0.2, 0) is 14.3 Å². The number of urea groups is 1. The standard InChI is InChI=1S/C11H17N3O4/c1-8(2)7-18-4-3-12-9(15)6-14-10(16)5-13-11(14)17/h1,3-7H2,2H3,(H,12,15)(H,13,17). The normalized spacial score (nSPS) is 14.6. The molecular weight excluding hydrogens is 238 g/mol. The molecule has 1 saturated heterocycles. The molecule has 7 nitrogen and oxygen atoms in total. The first-order chi connectivity index (χ1) is 8.50. The lowest BCUT2D eigenvalue weighted by molar-refractivity contribution is -0.130. The Morgan fingerprint density at radius 3 is 2.83 bits per heavy atom. The highest BCUT2D eigenvalue weighted by atomic mass is 16.5. The number of hydrogen-bond acceptors (Lipinski definition) is 4. The second-order valence-corrected chi connectivity index (χ2v) is 4.00. The fourth-order valence-corrected chi connectivity index (χ4v) is 1.32. The van der Waals surface area contributed by atoms with Gasteiger partial charge in [0.1, 0.15) is 6.54 Å². The molecule has 1 rings (SSSR count). The minimum Gasteiger partial charge on any atom is -0.375 e. The largest absolute Gasteiger partial charge is 0.375 e. The van der Waals surface area contributed by atoms with E-state index in [2.05, 4.69) is 17.2 Å². The topological polar surface area (TPSA) is 87.7 Å². The molecule has 1 aliphatic heterocycles. The van der Waals surface area contributed by atoms with Gasteiger partial charge in [-0.15, -0.1) is 0 Å². The Bertz CT molecular complexity index is 351. The first-order valence-electron chi connectivity index (χ1n) is 5.57. The molecular formula is C11H17N3O4. The zero-order chi connectivity index (χ0) is 13.5. The fraction of sp³-hybridized carbons (Fsp3) is 0.545. The molecule has 1 aliphatic rings. The predicted molar refractivity (Wildman–Crippen MR) is 63.8 cm³/mol. The highest BCUT2D eigenvalue weighted by Gasteiger charge is 2.29. The second kappa shape index (κ2) is 6.75. The Balaban J connectivity index is 2.16. The molecule has 100 valence electrons. The van der Waals surface area contributed by atoms with E-state index in [0.717, 1.165) is 10.5 Å². The lowest BCUT2D eigenvalue weighted by Crippen LogP contribution is -2.41. The molecule has 18 heavy (non-hydrogen) atoms. The second-order valence-electron chi connectivity index (χ2n) is 4.00. The van der Waals surface area contributed by atoms with Crippen LogP contribution in [0.25, 0.3) is 0 Å². The third-order valence-electron chi connectivity index (χ3n) is 2.16. The van der Waals surface area contributed by atoms with E-state index < -0.39 is 11.9 Å². The molecule has 4 amide bonds. The zero-order valence-electron chi connectivity index (χ0n) is 10.3. The molecule has 7 heteroatoms. The third kappa shape index (κ3) is 4.54. The molecule has 0 spiro atoms. The number of amides is 4. The van der Waals surface area contributed by atoms with E-state index >= 15 is 0 Å². The molecule has 0 bridgehead atoms. The number of imide groups is 1. The van der Waals surface area contributed by atoms with Crippen molar-refractivity contribution < 1.29 is 19.1 Å². The number of nitrogens with one attached hydrogen (secondary N) is 2. The number of rotatable bonds is 7. The molecule has 0 atom stereocenters. The van der Waals surface area contributed by atoms with Crippen molar-refractivity contribution in [1.29, 1.82) is 0 Å². The van der Waals surface area contributed by atoms with Gasteiger partial charge in [-0.25, -0.2) is 4.79 Å². The van der Waals surface area contributed by atoms with Crippen molar-refractivity contribution >= 4 is 17.8 Å². The van der Waals surface area contributed by atoms with Gasteiger partial charge in [-0.05, 0) is 6.92 Å². The van der Waals surface area contributed by atoms with Crippen molar-refractivity contribution in [2.24, 2.45) is 0 Å². The molecule has 2 N–H and O–H groups in total. The number of nitrogens with zero attached hydrogens (tertiary/aromatic N) is 1. The van der Waals surface area contributed by atoms with Crippen molar-refractivity contribution in [3.8, 4) is 0 Å². The monoisotopic (exact) mass is 255 g/mol. The van der Waals surface area contributed by atoms with Gasteiger partial charge in [0.25, 0.3) is 5.91 Å². The summed E-state index contributed by atoms with van der Waals surface area (Å²) < 4.78 is 5.18. The van der Waals surface area contributed by atoms with Gasteiger partial charge in [0.2, 0.25) is 5.91 Å². The average molecular weight is 255 g/mol. The Morgan fingerprint density at radius 1 is 1.56 bits per heavy atom. The molecule has 0 aromatic heterocycles. The number of hydrogen-bond donors (Lipinski definition) is 2. The smallest absolute Gasteiger partial charge is 0.325 e. The minimum absolute atomic E-state index is 0.0478. The van der Waals surface area contributed by atoms with Crippen LogP contribution < -0.4 is 10.6 Å². The van der Waals surface area contributed by atoms with E-state index in [9.17, 15) is 14.4 Å². The molecule has 1 heterocycles. The summed E-state index contributed by atoms with van der Waals surface area (Å²) in [5.41, 5.74) is 0.903. The molecule has 0 unspecified atom stereocenters. The van der Waals surface area contributed by atoms with Crippen molar-refractivity contribution in [2.75, 3.05) is 32.8 Å². The number of ether oxygens (including phenoxy) is 1. The first-order valence-corrected chi connectivity index (χ1v) is 5.57. The fourth-order valence-electron chi connectivity index (χ4n) is 1.32. The van der Waals surface area contributed by atoms with Gasteiger partial charge >= 0.3 is 6.03 Å². The third-order valence-corrected chi connectivity index (χ3v) is 2.16. The average Bonchev–Trinajstić information content (AvgIpc) is 2.60. The van der Waals surface area contributed by atoms with E-state index in [0.29, 0.717) is 19.8 Å². The highest BCUT2D eigenvalue weighted by Crippen LogP contribution is 1.97. The summed E-state index contributed by atoms with van der Waals surface area (Å²) in [5, 5.41) is 4.89. The molecule has 0 saturated carbocycles. The summed E-state index contributed by atoms with van der Waals surface area (Å²) >= 11 is 0. The van der Waals surface area contributed by atoms with Crippen LogP contribution in [0, 0.1) is 0 Å². The van der Waals surface area contributed by atoms with Gasteiger partial charge in [0.15, 0.2) is 0 Å². The Kier molecular flexibility index (Phi) is 5.31. The quantitative estimate of drug-likeness (QED) is 0.356. The van der Waals surface area contributed by atoms with E-state index in [1.54, 1.807) is 0 Å². The van der Waals surface area contributed by atoms with Crippen molar-refractivity contribution in [2.45, 2.75) is 6.92 Å². The van der Waals surface area contributed by atoms with E-state index in [1.165, 1.54) is 0 Å². The van der Waals surface area contributed by atoms with Gasteiger partial charge < -0.3 is 15.4 Å². The van der Waals surface area contributed by atoms with Crippen LogP contribution in [0.2, 0.25) is 0 Å². The molecule has 0 aromatic rings. The van der Waals surface area contributed by atoms with Crippen molar-refractivity contribution in [1.82, 2.24) is 15.5 Å². The summed E-state index contributed by atoms with van der Waals surface area (Å²) in [5.74, 6) is -0.784. The molecule has 0 aromatic carbocycles. The number of carbonyl (C=O) groups excluding carboxylic acids is 3. The van der Waals surface area contributed by atoms with Gasteiger partial charge in [-0.1, -0.05) is 12.2 Å². The Morgan fingerprint density at radius 2 is 2.28 bits per heavy atom. The maximum Gasteiger partial charge on any atom is 0.325 e. The SMILES string of the molecule is C=C(C)COCCNC(=O)CN1C(=O)CNC1=O. The lowest BCUT2D eigenvalue weighted by atomic mass is 10.4. The molecule has 0 radical (unpaired) electrons.